The Bertz CT molecular complexity index is 1160. The van der Waals surface area contributed by atoms with Gasteiger partial charge in [0.05, 0.1) is 17.0 Å². The zero-order chi connectivity index (χ0) is 20.2. The molecule has 0 radical (unpaired) electrons. The summed E-state index contributed by atoms with van der Waals surface area (Å²) in [6.45, 7) is 2.12. The van der Waals surface area contributed by atoms with Crippen molar-refractivity contribution in [1.29, 1.82) is 0 Å². The summed E-state index contributed by atoms with van der Waals surface area (Å²) >= 11 is 1.49. The van der Waals surface area contributed by atoms with Crippen molar-refractivity contribution in [2.24, 2.45) is 0 Å². The summed E-state index contributed by atoms with van der Waals surface area (Å²) < 4.78 is 5.47. The Morgan fingerprint density at radius 1 is 1.03 bits per heavy atom. The molecule has 0 aliphatic rings. The maximum Gasteiger partial charge on any atom is 0.338 e. The highest BCUT2D eigenvalue weighted by Gasteiger charge is 2.13. The first-order valence-corrected chi connectivity index (χ1v) is 10.4. The summed E-state index contributed by atoms with van der Waals surface area (Å²) in [7, 11) is 0. The molecular formula is C23H19N3O2S. The van der Waals surface area contributed by atoms with Gasteiger partial charge in [0.25, 0.3) is 0 Å². The molecule has 2 aromatic carbocycles. The van der Waals surface area contributed by atoms with Crippen LogP contribution in [0.1, 0.15) is 21.6 Å². The number of carbonyl (C=O) groups excluding carboxylic acids is 1. The van der Waals surface area contributed by atoms with Crippen molar-refractivity contribution in [1.82, 2.24) is 15.0 Å². The van der Waals surface area contributed by atoms with Crippen LogP contribution < -0.4 is 0 Å². The fourth-order valence-electron chi connectivity index (χ4n) is 2.96. The molecule has 0 bridgehead atoms. The zero-order valence-electron chi connectivity index (χ0n) is 16.1. The monoisotopic (exact) mass is 401 g/mol. The van der Waals surface area contributed by atoms with Gasteiger partial charge in [0.2, 0.25) is 0 Å². The van der Waals surface area contributed by atoms with Crippen LogP contribution in [0, 0.1) is 6.92 Å². The van der Waals surface area contributed by atoms with Crippen molar-refractivity contribution in [2.45, 2.75) is 18.7 Å². The molecule has 4 aromatic rings. The average Bonchev–Trinajstić information content (AvgIpc) is 2.77. The van der Waals surface area contributed by atoms with Gasteiger partial charge in [0.15, 0.2) is 5.16 Å². The number of aromatic nitrogens is 3. The standard InChI is InChI=1S/C23H19N3O2S/c1-15-8-10-16(11-9-15)20-21-18(13-24-23(26-21)29-2)12-19(25-20)14-28-22(27)17-6-4-3-5-7-17/h3-13H,14H2,1-2H3. The van der Waals surface area contributed by atoms with E-state index in [0.717, 1.165) is 22.2 Å². The summed E-state index contributed by atoms with van der Waals surface area (Å²) in [4.78, 5) is 26.1. The minimum atomic E-state index is -0.377. The third kappa shape index (κ3) is 4.27. The van der Waals surface area contributed by atoms with Crippen LogP contribution in [0.5, 0.6) is 0 Å². The van der Waals surface area contributed by atoms with Crippen LogP contribution >= 0.6 is 11.8 Å². The van der Waals surface area contributed by atoms with Crippen LogP contribution in [0.25, 0.3) is 22.2 Å². The second-order valence-corrected chi connectivity index (χ2v) is 7.34. The Balaban J connectivity index is 1.71. The summed E-state index contributed by atoms with van der Waals surface area (Å²) in [5.74, 6) is -0.377. The van der Waals surface area contributed by atoms with E-state index >= 15 is 0 Å². The van der Waals surface area contributed by atoms with Gasteiger partial charge in [-0.05, 0) is 31.4 Å². The number of esters is 1. The topological polar surface area (TPSA) is 65.0 Å². The van der Waals surface area contributed by atoms with Crippen LogP contribution in [0.15, 0.2) is 72.0 Å². The van der Waals surface area contributed by atoms with Gasteiger partial charge in [0.1, 0.15) is 12.1 Å². The lowest BCUT2D eigenvalue weighted by Gasteiger charge is -2.11. The molecule has 5 nitrogen and oxygen atoms in total. The Labute approximate surface area is 173 Å². The number of hydrogen-bond donors (Lipinski definition) is 0. The molecule has 2 aromatic heterocycles. The van der Waals surface area contributed by atoms with Crippen molar-refractivity contribution in [3.63, 3.8) is 0 Å². The van der Waals surface area contributed by atoms with Gasteiger partial charge in [-0.2, -0.15) is 0 Å². The first-order chi connectivity index (χ1) is 14.1. The van der Waals surface area contributed by atoms with E-state index in [1.807, 2.05) is 49.6 Å². The van der Waals surface area contributed by atoms with Gasteiger partial charge < -0.3 is 4.74 Å². The Hall–Kier alpha value is -3.25. The van der Waals surface area contributed by atoms with E-state index in [0.29, 0.717) is 16.4 Å². The number of nitrogens with zero attached hydrogens (tertiary/aromatic N) is 3. The number of aryl methyl sites for hydroxylation is 1. The summed E-state index contributed by atoms with van der Waals surface area (Å²) in [5, 5.41) is 1.55. The molecule has 0 spiro atoms. The van der Waals surface area contributed by atoms with E-state index in [4.69, 9.17) is 9.72 Å². The molecule has 0 N–H and O–H groups in total. The Morgan fingerprint density at radius 2 is 1.79 bits per heavy atom. The fraction of sp³-hybridized carbons (Fsp3) is 0.130. The molecule has 2 heterocycles. The molecule has 0 fully saturated rings. The highest BCUT2D eigenvalue weighted by atomic mass is 32.2. The molecule has 0 unspecified atom stereocenters. The van der Waals surface area contributed by atoms with Gasteiger partial charge in [-0.25, -0.2) is 19.7 Å². The van der Waals surface area contributed by atoms with E-state index in [1.165, 1.54) is 17.3 Å². The first-order valence-electron chi connectivity index (χ1n) is 9.14. The van der Waals surface area contributed by atoms with Crippen LogP contribution in [0.4, 0.5) is 0 Å². The Kier molecular flexibility index (Phi) is 5.53. The van der Waals surface area contributed by atoms with Gasteiger partial charge in [-0.15, -0.1) is 0 Å². The molecule has 6 heteroatoms. The zero-order valence-corrected chi connectivity index (χ0v) is 16.9. The lowest BCUT2D eigenvalue weighted by atomic mass is 10.1. The molecule has 0 atom stereocenters. The van der Waals surface area contributed by atoms with Crippen LogP contribution in [-0.4, -0.2) is 27.2 Å². The number of carbonyl (C=O) groups is 1. The van der Waals surface area contributed by atoms with E-state index in [1.54, 1.807) is 30.5 Å². The normalized spacial score (nSPS) is 10.8. The number of pyridine rings is 1. The number of hydrogen-bond acceptors (Lipinski definition) is 6. The SMILES string of the molecule is CSc1ncc2cc(COC(=O)c3ccccc3)nc(-c3ccc(C)cc3)c2n1. The van der Waals surface area contributed by atoms with Crippen LogP contribution in [-0.2, 0) is 11.3 Å². The lowest BCUT2D eigenvalue weighted by Crippen LogP contribution is -2.07. The van der Waals surface area contributed by atoms with E-state index in [-0.39, 0.29) is 12.6 Å². The quantitative estimate of drug-likeness (QED) is 0.264. The van der Waals surface area contributed by atoms with Gasteiger partial charge in [-0.3, -0.25) is 0 Å². The highest BCUT2D eigenvalue weighted by Crippen LogP contribution is 2.28. The predicted octanol–water partition coefficient (Wildman–Crippen LogP) is 5.08. The second kappa shape index (κ2) is 8.41. The van der Waals surface area contributed by atoms with Crippen molar-refractivity contribution < 1.29 is 9.53 Å². The van der Waals surface area contributed by atoms with Gasteiger partial charge >= 0.3 is 5.97 Å². The third-order valence-electron chi connectivity index (χ3n) is 4.47. The predicted molar refractivity (Wildman–Crippen MR) is 115 cm³/mol. The van der Waals surface area contributed by atoms with Crippen LogP contribution in [0.2, 0.25) is 0 Å². The third-order valence-corrected chi connectivity index (χ3v) is 5.03. The van der Waals surface area contributed by atoms with Gasteiger partial charge in [-0.1, -0.05) is 59.8 Å². The Morgan fingerprint density at radius 3 is 2.52 bits per heavy atom. The molecule has 4 rings (SSSR count). The molecule has 0 saturated carbocycles. The highest BCUT2D eigenvalue weighted by molar-refractivity contribution is 7.98. The average molecular weight is 401 g/mol. The minimum Gasteiger partial charge on any atom is -0.456 e. The second-order valence-electron chi connectivity index (χ2n) is 6.56. The minimum absolute atomic E-state index is 0.0762. The lowest BCUT2D eigenvalue weighted by molar-refractivity contribution is 0.0468. The molecule has 0 saturated heterocycles. The number of fused-ring (bicyclic) bond motifs is 1. The molecule has 0 aliphatic carbocycles. The molecule has 144 valence electrons. The molecular weight excluding hydrogens is 382 g/mol. The maximum absolute atomic E-state index is 12.3. The number of benzene rings is 2. The van der Waals surface area contributed by atoms with E-state index in [2.05, 4.69) is 9.97 Å². The van der Waals surface area contributed by atoms with Gasteiger partial charge in [0, 0.05) is 17.1 Å². The number of rotatable bonds is 5. The van der Waals surface area contributed by atoms with Crippen molar-refractivity contribution in [2.75, 3.05) is 6.26 Å². The number of thioether (sulfide) groups is 1. The molecule has 29 heavy (non-hydrogen) atoms. The van der Waals surface area contributed by atoms with Crippen LogP contribution in [0.3, 0.4) is 0 Å². The largest absolute Gasteiger partial charge is 0.456 e. The number of ether oxygens (including phenoxy) is 1. The van der Waals surface area contributed by atoms with Crippen molar-refractivity contribution in [3.05, 3.63) is 83.7 Å². The van der Waals surface area contributed by atoms with Crippen molar-refractivity contribution in [3.8, 4) is 11.3 Å². The molecule has 0 amide bonds. The maximum atomic E-state index is 12.3. The molecule has 0 aliphatic heterocycles. The van der Waals surface area contributed by atoms with E-state index < -0.39 is 0 Å². The first kappa shape index (κ1) is 19.1. The van der Waals surface area contributed by atoms with Crippen molar-refractivity contribution >= 4 is 28.6 Å². The summed E-state index contributed by atoms with van der Waals surface area (Å²) in [6.07, 6.45) is 3.73. The fourth-order valence-corrected chi connectivity index (χ4v) is 3.30. The van der Waals surface area contributed by atoms with E-state index in [9.17, 15) is 4.79 Å². The smallest absolute Gasteiger partial charge is 0.338 e. The summed E-state index contributed by atoms with van der Waals surface area (Å²) in [5.41, 5.74) is 4.84. The summed E-state index contributed by atoms with van der Waals surface area (Å²) in [6, 6.07) is 18.9.